The van der Waals surface area contributed by atoms with Crippen LogP contribution in [0.1, 0.15) is 29.3 Å². The number of fused-ring (bicyclic) bond motifs is 1. The number of nitrogens with zero attached hydrogens (tertiary/aromatic N) is 4. The van der Waals surface area contributed by atoms with Gasteiger partial charge < -0.3 is 0 Å². The molecule has 9 nitrogen and oxygen atoms in total. The SMILES string of the molecule is C/C=C/n1ncc(C=O)c1NC(=O)N(C)c1cccc(S(=O)(=O)N2CCCc3ccccc32)c1.C=CCF. The Labute approximate surface area is 221 Å². The predicted octanol–water partition coefficient (Wildman–Crippen LogP) is 5.14. The van der Waals surface area contributed by atoms with Crippen LogP contribution in [0.4, 0.5) is 26.4 Å². The normalized spacial score (nSPS) is 12.8. The van der Waals surface area contributed by atoms with Gasteiger partial charge in [0.2, 0.25) is 0 Å². The Balaban J connectivity index is 0.000000934. The highest BCUT2D eigenvalue weighted by Crippen LogP contribution is 2.32. The van der Waals surface area contributed by atoms with Crippen molar-refractivity contribution in [3.8, 4) is 0 Å². The maximum Gasteiger partial charge on any atom is 0.327 e. The molecule has 0 atom stereocenters. The minimum atomic E-state index is -3.83. The van der Waals surface area contributed by atoms with E-state index in [0.29, 0.717) is 24.2 Å². The van der Waals surface area contributed by atoms with E-state index in [4.69, 9.17) is 0 Å². The molecule has 0 radical (unpaired) electrons. The average molecular weight is 540 g/mol. The standard InChI is InChI=1S/C24H25N5O4S.C3H5F/c1-3-13-28-23(19(17-30)16-25-28)26-24(31)27(2)20-10-6-11-21(15-20)34(32,33)29-14-7-9-18-8-4-5-12-22(18)29;1-2-3-4/h3-6,8,10-13,15-17H,7,9,14H2,1-2H3,(H,26,31);2H,1,3H2/b13-3+;. The average Bonchev–Trinajstić information content (AvgIpc) is 3.33. The number of urea groups is 1. The Kier molecular flexibility index (Phi) is 9.55. The van der Waals surface area contributed by atoms with Gasteiger partial charge in [0.1, 0.15) is 12.5 Å². The Bertz CT molecular complexity index is 1430. The summed E-state index contributed by atoms with van der Waals surface area (Å²) in [6.07, 6.45) is 8.05. The van der Waals surface area contributed by atoms with Crippen molar-refractivity contribution >= 4 is 45.7 Å². The number of carbonyl (C=O) groups excluding carboxylic acids is 2. The molecule has 2 aromatic carbocycles. The molecule has 0 unspecified atom stereocenters. The van der Waals surface area contributed by atoms with E-state index < -0.39 is 22.7 Å². The number of amides is 2. The second-order valence-corrected chi connectivity index (χ2v) is 10.1. The van der Waals surface area contributed by atoms with E-state index in [0.717, 1.165) is 18.4 Å². The Morgan fingerprint density at radius 3 is 2.66 bits per heavy atom. The largest absolute Gasteiger partial charge is 0.327 e. The van der Waals surface area contributed by atoms with Crippen molar-refractivity contribution in [1.29, 1.82) is 0 Å². The molecule has 0 fully saturated rings. The van der Waals surface area contributed by atoms with E-state index in [1.54, 1.807) is 31.3 Å². The molecule has 1 aromatic heterocycles. The summed E-state index contributed by atoms with van der Waals surface area (Å²) < 4.78 is 40.4. The summed E-state index contributed by atoms with van der Waals surface area (Å²) in [6.45, 7) is 4.86. The van der Waals surface area contributed by atoms with Crippen LogP contribution in [0, 0.1) is 0 Å². The van der Waals surface area contributed by atoms with Crippen LogP contribution in [0.2, 0.25) is 0 Å². The first kappa shape index (κ1) is 28.3. The molecule has 0 saturated carbocycles. The lowest BCUT2D eigenvalue weighted by Crippen LogP contribution is -2.36. The first-order valence-corrected chi connectivity index (χ1v) is 13.3. The number of aromatic nitrogens is 2. The molecule has 38 heavy (non-hydrogen) atoms. The number of alkyl halides is 1. The zero-order chi connectivity index (χ0) is 27.7. The van der Waals surface area contributed by atoms with Crippen molar-refractivity contribution in [3.63, 3.8) is 0 Å². The predicted molar refractivity (Wildman–Crippen MR) is 148 cm³/mol. The number of para-hydroxylation sites is 1. The number of aryl methyl sites for hydroxylation is 1. The van der Waals surface area contributed by atoms with Gasteiger partial charge in [-0.15, -0.1) is 6.58 Å². The Hall–Kier alpha value is -4.25. The van der Waals surface area contributed by atoms with Gasteiger partial charge >= 0.3 is 6.03 Å². The number of allylic oxidation sites excluding steroid dienone is 2. The molecule has 11 heteroatoms. The van der Waals surface area contributed by atoms with Crippen molar-refractivity contribution in [3.05, 3.63) is 84.6 Å². The smallest absolute Gasteiger partial charge is 0.298 e. The molecule has 200 valence electrons. The van der Waals surface area contributed by atoms with Crippen molar-refractivity contribution in [2.75, 3.05) is 34.8 Å². The fraction of sp³-hybridized carbons (Fsp3) is 0.222. The minimum absolute atomic E-state index is 0.0916. The second-order valence-electron chi connectivity index (χ2n) is 8.23. The molecule has 0 aliphatic carbocycles. The monoisotopic (exact) mass is 539 g/mol. The summed E-state index contributed by atoms with van der Waals surface area (Å²) in [7, 11) is -2.30. The van der Waals surface area contributed by atoms with Gasteiger partial charge in [0.25, 0.3) is 10.0 Å². The van der Waals surface area contributed by atoms with Crippen molar-refractivity contribution < 1.29 is 22.4 Å². The van der Waals surface area contributed by atoms with Crippen molar-refractivity contribution in [2.24, 2.45) is 0 Å². The van der Waals surface area contributed by atoms with Crippen molar-refractivity contribution in [1.82, 2.24) is 9.78 Å². The summed E-state index contributed by atoms with van der Waals surface area (Å²) in [6, 6.07) is 13.2. The summed E-state index contributed by atoms with van der Waals surface area (Å²) in [5.41, 5.74) is 2.28. The molecular weight excluding hydrogens is 509 g/mol. The molecule has 0 saturated heterocycles. The van der Waals surface area contributed by atoms with Crippen LogP contribution in [-0.4, -0.2) is 50.8 Å². The molecule has 2 heterocycles. The van der Waals surface area contributed by atoms with Crippen LogP contribution in [-0.2, 0) is 16.4 Å². The summed E-state index contributed by atoms with van der Waals surface area (Å²) in [4.78, 5) is 25.7. The number of carbonyl (C=O) groups is 2. The number of halogens is 1. The number of sulfonamides is 1. The number of hydrogen-bond acceptors (Lipinski definition) is 5. The second kappa shape index (κ2) is 12.8. The fourth-order valence-electron chi connectivity index (χ4n) is 3.88. The van der Waals surface area contributed by atoms with Crippen LogP contribution in [0.15, 0.2) is 78.4 Å². The lowest BCUT2D eigenvalue weighted by molar-refractivity contribution is 0.112. The molecule has 0 spiro atoms. The lowest BCUT2D eigenvalue weighted by Gasteiger charge is -2.30. The van der Waals surface area contributed by atoms with Crippen LogP contribution in [0.5, 0.6) is 0 Å². The van der Waals surface area contributed by atoms with E-state index >= 15 is 0 Å². The molecule has 0 bridgehead atoms. The zero-order valence-electron chi connectivity index (χ0n) is 21.2. The number of hydrogen-bond donors (Lipinski definition) is 1. The van der Waals surface area contributed by atoms with Crippen LogP contribution >= 0.6 is 0 Å². The number of nitrogens with one attached hydrogen (secondary N) is 1. The third-order valence-electron chi connectivity index (χ3n) is 5.74. The maximum absolute atomic E-state index is 13.5. The summed E-state index contributed by atoms with van der Waals surface area (Å²) in [5.74, 6) is 0.221. The molecule has 1 aliphatic rings. The number of anilines is 3. The fourth-order valence-corrected chi connectivity index (χ4v) is 5.46. The molecule has 3 aromatic rings. The topological polar surface area (TPSA) is 105 Å². The van der Waals surface area contributed by atoms with Crippen molar-refractivity contribution in [2.45, 2.75) is 24.7 Å². The zero-order valence-corrected chi connectivity index (χ0v) is 22.1. The highest BCUT2D eigenvalue weighted by atomic mass is 32.2. The third-order valence-corrected chi connectivity index (χ3v) is 7.55. The maximum atomic E-state index is 13.5. The van der Waals surface area contributed by atoms with Gasteiger partial charge in [-0.3, -0.25) is 19.3 Å². The highest BCUT2D eigenvalue weighted by Gasteiger charge is 2.29. The van der Waals surface area contributed by atoms with Crippen LogP contribution < -0.4 is 14.5 Å². The van der Waals surface area contributed by atoms with Gasteiger partial charge in [-0.25, -0.2) is 22.3 Å². The summed E-state index contributed by atoms with van der Waals surface area (Å²) >= 11 is 0. The van der Waals surface area contributed by atoms with Gasteiger partial charge in [0.15, 0.2) is 6.29 Å². The van der Waals surface area contributed by atoms with E-state index in [1.165, 1.54) is 45.3 Å². The van der Waals surface area contributed by atoms with E-state index in [-0.39, 0.29) is 16.3 Å². The minimum Gasteiger partial charge on any atom is -0.298 e. The molecule has 1 N–H and O–H groups in total. The van der Waals surface area contributed by atoms with Gasteiger partial charge in [0, 0.05) is 25.5 Å². The number of aldehydes is 1. The lowest BCUT2D eigenvalue weighted by atomic mass is 10.0. The number of benzene rings is 2. The van der Waals surface area contributed by atoms with Crippen LogP contribution in [0.25, 0.3) is 6.20 Å². The first-order chi connectivity index (χ1) is 18.3. The molecule has 2 amide bonds. The van der Waals surface area contributed by atoms with Gasteiger partial charge in [-0.2, -0.15) is 5.10 Å². The number of rotatable bonds is 7. The Morgan fingerprint density at radius 1 is 1.24 bits per heavy atom. The third kappa shape index (κ3) is 6.17. The van der Waals surface area contributed by atoms with Gasteiger partial charge in [-0.05, 0) is 49.6 Å². The van der Waals surface area contributed by atoms with E-state index in [2.05, 4.69) is 17.0 Å². The Morgan fingerprint density at radius 2 is 1.97 bits per heavy atom. The van der Waals surface area contributed by atoms with Crippen LogP contribution in [0.3, 0.4) is 0 Å². The molecule has 1 aliphatic heterocycles. The quantitative estimate of drug-likeness (QED) is 0.331. The first-order valence-electron chi connectivity index (χ1n) is 11.9. The summed E-state index contributed by atoms with van der Waals surface area (Å²) in [5, 5.41) is 6.73. The van der Waals surface area contributed by atoms with Gasteiger partial charge in [-0.1, -0.05) is 36.4 Å². The molecular formula is C27H30FN5O4S. The van der Waals surface area contributed by atoms with E-state index in [9.17, 15) is 22.4 Å². The van der Waals surface area contributed by atoms with Gasteiger partial charge in [0.05, 0.1) is 22.3 Å². The molecule has 4 rings (SSSR count). The highest BCUT2D eigenvalue weighted by molar-refractivity contribution is 7.92. The van der Waals surface area contributed by atoms with E-state index in [1.807, 2.05) is 24.3 Å².